The zero-order chi connectivity index (χ0) is 20.3. The summed E-state index contributed by atoms with van der Waals surface area (Å²) >= 11 is 1.26. The number of hydrogen-bond acceptors (Lipinski definition) is 7. The molecule has 0 aromatic carbocycles. The van der Waals surface area contributed by atoms with Crippen LogP contribution >= 0.6 is 11.3 Å². The van der Waals surface area contributed by atoms with Crippen LogP contribution in [-0.4, -0.2) is 41.0 Å². The predicted molar refractivity (Wildman–Crippen MR) is 103 cm³/mol. The zero-order valence-corrected chi connectivity index (χ0v) is 16.7. The van der Waals surface area contributed by atoms with Crippen LogP contribution in [0.2, 0.25) is 0 Å². The molecule has 0 aliphatic carbocycles. The highest BCUT2D eigenvalue weighted by atomic mass is 32.1. The summed E-state index contributed by atoms with van der Waals surface area (Å²) in [6.45, 7) is 8.84. The summed E-state index contributed by atoms with van der Waals surface area (Å²) in [6, 6.07) is -0.625. The molecule has 27 heavy (non-hydrogen) atoms. The summed E-state index contributed by atoms with van der Waals surface area (Å²) in [4.78, 5) is 28.1. The Morgan fingerprint density at radius 1 is 1.37 bits per heavy atom. The fourth-order valence-corrected chi connectivity index (χ4v) is 2.56. The number of alkyl carbamates (subject to hydrolysis) is 2. The van der Waals surface area contributed by atoms with Crippen LogP contribution in [0.3, 0.4) is 0 Å². The van der Waals surface area contributed by atoms with Gasteiger partial charge < -0.3 is 25.2 Å². The first-order valence-electron chi connectivity index (χ1n) is 8.46. The molecule has 0 saturated heterocycles. The number of aliphatic hydroxyl groups is 1. The number of aromatic nitrogens is 1. The van der Waals surface area contributed by atoms with Crippen molar-refractivity contribution in [3.8, 4) is 0 Å². The lowest BCUT2D eigenvalue weighted by atomic mass is 10.2. The number of amides is 2. The molecule has 1 aromatic heterocycles. The summed E-state index contributed by atoms with van der Waals surface area (Å²) in [7, 11) is 0. The number of thiazole rings is 1. The van der Waals surface area contributed by atoms with Crippen molar-refractivity contribution in [1.82, 2.24) is 15.6 Å². The summed E-state index contributed by atoms with van der Waals surface area (Å²) in [5.74, 6) is 0. The summed E-state index contributed by atoms with van der Waals surface area (Å²) in [5.41, 5.74) is -0.141. The SMILES string of the molecule is C=CCC=CCOC(=O)NCC(NC(=O)OC(C)(C)C)c1csc(CO)n1. The van der Waals surface area contributed by atoms with Crippen LogP contribution in [0.5, 0.6) is 0 Å². The fourth-order valence-electron chi connectivity index (χ4n) is 1.86. The first-order valence-corrected chi connectivity index (χ1v) is 9.34. The normalized spacial score (nSPS) is 12.4. The second-order valence-corrected chi connectivity index (χ2v) is 7.44. The van der Waals surface area contributed by atoms with E-state index in [1.165, 1.54) is 11.3 Å². The Kier molecular flexibility index (Phi) is 9.52. The minimum absolute atomic E-state index is 0.0586. The van der Waals surface area contributed by atoms with Gasteiger partial charge in [-0.2, -0.15) is 0 Å². The standard InChI is InChI=1S/C18H27N3O5S/c1-5-6-7-8-9-25-16(23)19-10-13(14-12-27-15(11-22)20-14)21-17(24)26-18(2,3)4/h5,7-8,12-13,22H,1,6,9-11H2,2-4H3,(H,19,23)(H,21,24). The lowest BCUT2D eigenvalue weighted by Gasteiger charge is -2.23. The molecule has 0 bridgehead atoms. The molecule has 0 radical (unpaired) electrons. The van der Waals surface area contributed by atoms with Crippen molar-refractivity contribution in [1.29, 1.82) is 0 Å². The first kappa shape index (κ1) is 22.7. The average molecular weight is 397 g/mol. The second kappa shape index (κ2) is 11.3. The highest BCUT2D eigenvalue weighted by Crippen LogP contribution is 2.18. The molecule has 0 aliphatic heterocycles. The average Bonchev–Trinajstić information content (AvgIpc) is 3.05. The molecule has 9 heteroatoms. The van der Waals surface area contributed by atoms with E-state index in [4.69, 9.17) is 9.47 Å². The van der Waals surface area contributed by atoms with E-state index in [1.807, 2.05) is 6.08 Å². The number of ether oxygens (including phenoxy) is 2. The maximum absolute atomic E-state index is 12.1. The molecule has 0 spiro atoms. The highest BCUT2D eigenvalue weighted by molar-refractivity contribution is 7.09. The van der Waals surface area contributed by atoms with E-state index >= 15 is 0 Å². The van der Waals surface area contributed by atoms with Crippen LogP contribution in [0.15, 0.2) is 30.2 Å². The van der Waals surface area contributed by atoms with Crippen molar-refractivity contribution in [3.05, 3.63) is 40.9 Å². The molecule has 2 amide bonds. The third-order valence-electron chi connectivity index (χ3n) is 2.98. The molecule has 0 saturated carbocycles. The maximum Gasteiger partial charge on any atom is 0.408 e. The third-order valence-corrected chi connectivity index (χ3v) is 3.84. The van der Waals surface area contributed by atoms with Gasteiger partial charge in [0.15, 0.2) is 0 Å². The third kappa shape index (κ3) is 9.76. The number of allylic oxidation sites excluding steroid dienone is 2. The number of rotatable bonds is 9. The van der Waals surface area contributed by atoms with Gasteiger partial charge in [-0.05, 0) is 27.2 Å². The van der Waals surface area contributed by atoms with Crippen LogP contribution in [0.4, 0.5) is 9.59 Å². The molecule has 1 rings (SSSR count). The minimum Gasteiger partial charge on any atom is -0.445 e. The predicted octanol–water partition coefficient (Wildman–Crippen LogP) is 3.06. The van der Waals surface area contributed by atoms with Gasteiger partial charge in [0.1, 0.15) is 17.2 Å². The van der Waals surface area contributed by atoms with Crippen molar-refractivity contribution in [2.75, 3.05) is 13.2 Å². The van der Waals surface area contributed by atoms with Crippen LogP contribution in [-0.2, 0) is 16.1 Å². The topological polar surface area (TPSA) is 110 Å². The van der Waals surface area contributed by atoms with E-state index < -0.39 is 23.8 Å². The van der Waals surface area contributed by atoms with E-state index in [0.717, 1.165) is 0 Å². The monoisotopic (exact) mass is 397 g/mol. The molecule has 0 fully saturated rings. The molecule has 1 heterocycles. The Balaban J connectivity index is 2.64. The first-order chi connectivity index (χ1) is 12.7. The maximum atomic E-state index is 12.1. The fraction of sp³-hybridized carbons (Fsp3) is 0.500. The summed E-state index contributed by atoms with van der Waals surface area (Å²) in [6.07, 6.45) is 4.73. The van der Waals surface area contributed by atoms with E-state index in [1.54, 1.807) is 38.3 Å². The molecule has 1 aromatic rings. The Morgan fingerprint density at radius 3 is 2.70 bits per heavy atom. The minimum atomic E-state index is -0.656. The second-order valence-electron chi connectivity index (χ2n) is 6.50. The van der Waals surface area contributed by atoms with Crippen molar-refractivity contribution in [2.45, 2.75) is 45.4 Å². The summed E-state index contributed by atoms with van der Waals surface area (Å²) < 4.78 is 10.3. The van der Waals surface area contributed by atoms with Crippen molar-refractivity contribution in [2.24, 2.45) is 0 Å². The van der Waals surface area contributed by atoms with Crippen LogP contribution in [0.25, 0.3) is 0 Å². The highest BCUT2D eigenvalue weighted by Gasteiger charge is 2.23. The molecule has 8 nitrogen and oxygen atoms in total. The van der Waals surface area contributed by atoms with Gasteiger partial charge in [-0.15, -0.1) is 17.9 Å². The number of hydrogen-bond donors (Lipinski definition) is 3. The van der Waals surface area contributed by atoms with Crippen molar-refractivity contribution < 1.29 is 24.2 Å². The Morgan fingerprint density at radius 2 is 2.11 bits per heavy atom. The van der Waals surface area contributed by atoms with Gasteiger partial charge in [-0.1, -0.05) is 18.2 Å². The van der Waals surface area contributed by atoms with Gasteiger partial charge in [0, 0.05) is 11.9 Å². The molecule has 0 aliphatic rings. The number of carbonyl (C=O) groups is 2. The van der Waals surface area contributed by atoms with E-state index in [9.17, 15) is 14.7 Å². The number of carbonyl (C=O) groups excluding carboxylic acids is 2. The van der Waals surface area contributed by atoms with E-state index in [-0.39, 0.29) is 19.8 Å². The Bertz CT molecular complexity index is 652. The largest absolute Gasteiger partial charge is 0.445 e. The van der Waals surface area contributed by atoms with Crippen molar-refractivity contribution in [3.63, 3.8) is 0 Å². The zero-order valence-electron chi connectivity index (χ0n) is 15.9. The summed E-state index contributed by atoms with van der Waals surface area (Å²) in [5, 5.41) is 16.7. The number of nitrogens with zero attached hydrogens (tertiary/aromatic N) is 1. The van der Waals surface area contributed by atoms with Gasteiger partial charge in [-0.3, -0.25) is 0 Å². The molecular weight excluding hydrogens is 370 g/mol. The van der Waals surface area contributed by atoms with E-state index in [2.05, 4.69) is 22.2 Å². The molecular formula is C18H27N3O5S. The number of aliphatic hydroxyl groups excluding tert-OH is 1. The molecule has 1 unspecified atom stereocenters. The Hall–Kier alpha value is -2.39. The van der Waals surface area contributed by atoms with Crippen molar-refractivity contribution >= 4 is 23.5 Å². The quantitative estimate of drug-likeness (QED) is 0.553. The lowest BCUT2D eigenvalue weighted by molar-refractivity contribution is 0.0500. The van der Waals surface area contributed by atoms with E-state index in [0.29, 0.717) is 17.1 Å². The lowest BCUT2D eigenvalue weighted by Crippen LogP contribution is -2.40. The van der Waals surface area contributed by atoms with Gasteiger partial charge in [0.25, 0.3) is 0 Å². The molecule has 3 N–H and O–H groups in total. The number of nitrogens with one attached hydrogen (secondary N) is 2. The molecule has 150 valence electrons. The van der Waals surface area contributed by atoms with Gasteiger partial charge in [-0.25, -0.2) is 14.6 Å². The molecule has 1 atom stereocenters. The Labute approximate surface area is 163 Å². The van der Waals surface area contributed by atoms with Crippen LogP contribution in [0, 0.1) is 0 Å². The smallest absolute Gasteiger partial charge is 0.408 e. The van der Waals surface area contributed by atoms with Crippen LogP contribution in [0.1, 0.15) is 43.9 Å². The van der Waals surface area contributed by atoms with Crippen LogP contribution < -0.4 is 10.6 Å². The van der Waals surface area contributed by atoms with Gasteiger partial charge in [0.2, 0.25) is 0 Å². The van der Waals surface area contributed by atoms with Gasteiger partial charge >= 0.3 is 12.2 Å². The van der Waals surface area contributed by atoms with Gasteiger partial charge in [0.05, 0.1) is 18.3 Å².